The zero-order chi connectivity index (χ0) is 26.9. The number of imidazole rings is 1. The van der Waals surface area contributed by atoms with Crippen molar-refractivity contribution < 1.29 is 22.8 Å². The summed E-state index contributed by atoms with van der Waals surface area (Å²) in [7, 11) is 1.47. The number of carbonyl (C=O) groups excluding carboxylic acids is 2. The summed E-state index contributed by atoms with van der Waals surface area (Å²) in [6.07, 6.45) is 3.75. The summed E-state index contributed by atoms with van der Waals surface area (Å²) in [5.74, 6) is -4.20. The molecule has 1 aliphatic rings. The highest BCUT2D eigenvalue weighted by Gasteiger charge is 2.35. The van der Waals surface area contributed by atoms with Crippen LogP contribution in [0.15, 0.2) is 30.6 Å². The predicted octanol–water partition coefficient (Wildman–Crippen LogP) is 3.06. The average molecular weight is 516 g/mol. The Hall–Kier alpha value is -3.96. The molecule has 3 aromatic rings. The fraction of sp³-hybridized carbons (Fsp3) is 0.400. The number of rotatable bonds is 5. The second kappa shape index (κ2) is 10.2. The van der Waals surface area contributed by atoms with E-state index < -0.39 is 40.7 Å². The summed E-state index contributed by atoms with van der Waals surface area (Å²) in [6, 6.07) is 1.96. The number of anilines is 1. The number of fused-ring (bicyclic) bond motifs is 1. The Balaban J connectivity index is 1.84. The van der Waals surface area contributed by atoms with E-state index >= 15 is 0 Å². The molecular formula is C25H28F3N7O2. The molecule has 12 heteroatoms. The first kappa shape index (κ1) is 26.1. The van der Waals surface area contributed by atoms with Gasteiger partial charge in [0.1, 0.15) is 17.7 Å². The first-order valence-corrected chi connectivity index (χ1v) is 11.8. The quantitative estimate of drug-likeness (QED) is 0.506. The Kier molecular flexibility index (Phi) is 7.19. The topological polar surface area (TPSA) is 105 Å². The fourth-order valence-corrected chi connectivity index (χ4v) is 4.29. The van der Waals surface area contributed by atoms with Crippen LogP contribution in [0, 0.1) is 22.9 Å². The van der Waals surface area contributed by atoms with Crippen molar-refractivity contribution in [3.63, 3.8) is 0 Å². The van der Waals surface area contributed by atoms with Crippen molar-refractivity contribution in [1.82, 2.24) is 30.2 Å². The van der Waals surface area contributed by atoms with Gasteiger partial charge in [-0.05, 0) is 24.0 Å². The zero-order valence-corrected chi connectivity index (χ0v) is 21.0. The van der Waals surface area contributed by atoms with Gasteiger partial charge in [-0.3, -0.25) is 9.59 Å². The molecule has 0 aliphatic carbocycles. The van der Waals surface area contributed by atoms with Crippen LogP contribution in [0.25, 0.3) is 11.4 Å². The number of hydrogen-bond acceptors (Lipinski definition) is 6. The maximum absolute atomic E-state index is 14.8. The standard InChI is InChI=1S/C25H28F3N7O2/c1-25(2,3)20(23(37)29-4)33-22(36)19-18-13-34(24-30-7-5-8-31-24)9-6-10-35(18)21(32-19)14-11-16(27)17(28)12-15(14)26/h5,7-8,11-12,20H,6,9-10,13H2,1-4H3,(H,29,37)(H,33,36). The molecule has 196 valence electrons. The minimum absolute atomic E-state index is 0.0142. The van der Waals surface area contributed by atoms with Gasteiger partial charge < -0.3 is 20.1 Å². The van der Waals surface area contributed by atoms with E-state index in [0.29, 0.717) is 37.2 Å². The molecule has 9 nitrogen and oxygen atoms in total. The summed E-state index contributed by atoms with van der Waals surface area (Å²) in [6.45, 7) is 6.40. The van der Waals surface area contributed by atoms with Gasteiger partial charge in [0.2, 0.25) is 11.9 Å². The van der Waals surface area contributed by atoms with Gasteiger partial charge in [-0.15, -0.1) is 0 Å². The zero-order valence-electron chi connectivity index (χ0n) is 21.0. The Labute approximate surface area is 212 Å². The van der Waals surface area contributed by atoms with E-state index in [4.69, 9.17) is 0 Å². The molecule has 0 saturated heterocycles. The summed E-state index contributed by atoms with van der Waals surface area (Å²) in [5.41, 5.74) is -0.556. The molecule has 0 fully saturated rings. The SMILES string of the molecule is CNC(=O)C(NC(=O)c1nc(-c2cc(F)c(F)cc2F)n2c1CN(c1ncccn1)CCC2)C(C)(C)C. The number of hydrogen-bond donors (Lipinski definition) is 2. The number of aromatic nitrogens is 4. The first-order valence-electron chi connectivity index (χ1n) is 11.8. The molecule has 1 unspecified atom stereocenters. The molecule has 3 heterocycles. The minimum atomic E-state index is -1.33. The number of halogens is 3. The molecule has 1 aromatic carbocycles. The maximum atomic E-state index is 14.8. The van der Waals surface area contributed by atoms with Crippen LogP contribution >= 0.6 is 0 Å². The van der Waals surface area contributed by atoms with Crippen LogP contribution in [0.2, 0.25) is 0 Å². The third-order valence-electron chi connectivity index (χ3n) is 6.17. The fourth-order valence-electron chi connectivity index (χ4n) is 4.29. The lowest BCUT2D eigenvalue weighted by molar-refractivity contribution is -0.124. The van der Waals surface area contributed by atoms with Gasteiger partial charge in [-0.1, -0.05) is 20.8 Å². The normalized spacial score (nSPS) is 14.5. The van der Waals surface area contributed by atoms with Crippen LogP contribution in [-0.2, 0) is 17.9 Å². The average Bonchev–Trinajstić information content (AvgIpc) is 3.06. The van der Waals surface area contributed by atoms with Crippen molar-refractivity contribution in [3.05, 3.63) is 59.4 Å². The van der Waals surface area contributed by atoms with E-state index in [9.17, 15) is 22.8 Å². The van der Waals surface area contributed by atoms with Gasteiger partial charge >= 0.3 is 0 Å². The Morgan fingerprint density at radius 3 is 2.35 bits per heavy atom. The van der Waals surface area contributed by atoms with Crippen LogP contribution in [0.1, 0.15) is 43.4 Å². The van der Waals surface area contributed by atoms with Crippen molar-refractivity contribution in [2.24, 2.45) is 5.41 Å². The first-order chi connectivity index (χ1) is 17.5. The van der Waals surface area contributed by atoms with Crippen molar-refractivity contribution >= 4 is 17.8 Å². The molecule has 2 amide bonds. The highest BCUT2D eigenvalue weighted by molar-refractivity contribution is 5.98. The van der Waals surface area contributed by atoms with Gasteiger partial charge in [0.15, 0.2) is 17.3 Å². The van der Waals surface area contributed by atoms with E-state index in [-0.39, 0.29) is 23.6 Å². The molecule has 0 radical (unpaired) electrons. The smallest absolute Gasteiger partial charge is 0.272 e. The summed E-state index contributed by atoms with van der Waals surface area (Å²) in [5, 5.41) is 5.29. The Morgan fingerprint density at radius 2 is 1.70 bits per heavy atom. The molecular weight excluding hydrogens is 487 g/mol. The number of amides is 2. The minimum Gasteiger partial charge on any atom is -0.357 e. The summed E-state index contributed by atoms with van der Waals surface area (Å²) in [4.78, 5) is 40.9. The number of carbonyl (C=O) groups is 2. The molecule has 0 saturated carbocycles. The molecule has 0 spiro atoms. The van der Waals surface area contributed by atoms with Gasteiger partial charge in [0.25, 0.3) is 5.91 Å². The van der Waals surface area contributed by atoms with E-state index in [1.807, 2.05) is 4.90 Å². The molecule has 1 aliphatic heterocycles. The summed E-state index contributed by atoms with van der Waals surface area (Å²) >= 11 is 0. The van der Waals surface area contributed by atoms with Crippen molar-refractivity contribution in [2.75, 3.05) is 18.5 Å². The van der Waals surface area contributed by atoms with Crippen LogP contribution in [0.5, 0.6) is 0 Å². The Bertz CT molecular complexity index is 1320. The maximum Gasteiger partial charge on any atom is 0.272 e. The van der Waals surface area contributed by atoms with Gasteiger partial charge in [0.05, 0.1) is 17.8 Å². The number of nitrogens with one attached hydrogen (secondary N) is 2. The van der Waals surface area contributed by atoms with Gasteiger partial charge in [0, 0.05) is 38.6 Å². The molecule has 1 atom stereocenters. The highest BCUT2D eigenvalue weighted by atomic mass is 19.2. The largest absolute Gasteiger partial charge is 0.357 e. The molecule has 4 rings (SSSR count). The molecule has 0 bridgehead atoms. The number of nitrogens with zero attached hydrogens (tertiary/aromatic N) is 5. The molecule has 2 aromatic heterocycles. The second-order valence-corrected chi connectivity index (χ2v) is 9.84. The number of likely N-dealkylation sites (N-methyl/N-ethyl adjacent to an activating group) is 1. The predicted molar refractivity (Wildman–Crippen MR) is 130 cm³/mol. The Morgan fingerprint density at radius 1 is 1.03 bits per heavy atom. The van der Waals surface area contributed by atoms with Crippen molar-refractivity contribution in [3.8, 4) is 11.4 Å². The molecule has 2 N–H and O–H groups in total. The third kappa shape index (κ3) is 5.27. The molecule has 37 heavy (non-hydrogen) atoms. The summed E-state index contributed by atoms with van der Waals surface area (Å²) < 4.78 is 44.2. The van der Waals surface area contributed by atoms with Crippen LogP contribution in [0.4, 0.5) is 19.1 Å². The van der Waals surface area contributed by atoms with E-state index in [0.717, 1.165) is 6.07 Å². The van der Waals surface area contributed by atoms with E-state index in [1.165, 1.54) is 7.05 Å². The van der Waals surface area contributed by atoms with Crippen molar-refractivity contribution in [1.29, 1.82) is 0 Å². The van der Waals surface area contributed by atoms with E-state index in [2.05, 4.69) is 25.6 Å². The van der Waals surface area contributed by atoms with Crippen LogP contribution in [-0.4, -0.2) is 51.0 Å². The lowest BCUT2D eigenvalue weighted by atomic mass is 9.86. The van der Waals surface area contributed by atoms with Crippen LogP contribution in [0.3, 0.4) is 0 Å². The van der Waals surface area contributed by atoms with Crippen LogP contribution < -0.4 is 15.5 Å². The van der Waals surface area contributed by atoms with Gasteiger partial charge in [-0.2, -0.15) is 0 Å². The highest BCUT2D eigenvalue weighted by Crippen LogP contribution is 2.31. The lowest BCUT2D eigenvalue weighted by Gasteiger charge is -2.29. The second-order valence-electron chi connectivity index (χ2n) is 9.84. The van der Waals surface area contributed by atoms with Gasteiger partial charge in [-0.25, -0.2) is 28.1 Å². The third-order valence-corrected chi connectivity index (χ3v) is 6.17. The lowest BCUT2D eigenvalue weighted by Crippen LogP contribution is -2.53. The van der Waals surface area contributed by atoms with Crippen molar-refractivity contribution in [2.45, 2.75) is 46.3 Å². The van der Waals surface area contributed by atoms with E-state index in [1.54, 1.807) is 43.8 Å². The monoisotopic (exact) mass is 515 g/mol. The number of benzene rings is 1.